The fourth-order valence-corrected chi connectivity index (χ4v) is 0.627. The quantitative estimate of drug-likeness (QED) is 0.387. The molecule has 8 heteroatoms. The van der Waals surface area contributed by atoms with Gasteiger partial charge in [0.15, 0.2) is 0 Å². The zero-order valence-electron chi connectivity index (χ0n) is 8.93. The van der Waals surface area contributed by atoms with E-state index in [-0.39, 0.29) is 0 Å². The summed E-state index contributed by atoms with van der Waals surface area (Å²) in [5, 5.41) is 5.77. The highest BCUT2D eigenvalue weighted by atomic mass is 31.2. The second kappa shape index (κ2) is 7.08. The molecule has 0 unspecified atom stereocenters. The van der Waals surface area contributed by atoms with Gasteiger partial charge in [0, 0.05) is 20.3 Å². The molecule has 1 aromatic heterocycles. The Morgan fingerprint density at radius 1 is 1.38 bits per heavy atom. The van der Waals surface area contributed by atoms with Crippen LogP contribution in [0.1, 0.15) is 5.69 Å². The van der Waals surface area contributed by atoms with E-state index in [1.54, 1.807) is 17.4 Å². The summed E-state index contributed by atoms with van der Waals surface area (Å²) in [6, 6.07) is 5.73. The molecule has 0 saturated heterocycles. The van der Waals surface area contributed by atoms with Crippen molar-refractivity contribution in [1.29, 1.82) is 0 Å². The highest BCUT2D eigenvalue weighted by Crippen LogP contribution is 2.25. The Bertz CT molecular complexity index is 355. The monoisotopic (exact) mass is 247 g/mol. The Morgan fingerprint density at radius 2 is 1.94 bits per heavy atom. The van der Waals surface area contributed by atoms with Gasteiger partial charge >= 0.3 is 7.82 Å². The van der Waals surface area contributed by atoms with E-state index in [2.05, 4.69) is 10.1 Å². The smallest absolute Gasteiger partial charge is 0.303 e. The number of hydrogen-bond acceptors (Lipinski definition) is 4. The van der Waals surface area contributed by atoms with E-state index in [1.165, 1.54) is 0 Å². The number of hydrazone groups is 1. The predicted molar refractivity (Wildman–Crippen MR) is 59.8 cm³/mol. The van der Waals surface area contributed by atoms with Gasteiger partial charge in [-0.05, 0) is 12.1 Å². The van der Waals surface area contributed by atoms with Gasteiger partial charge in [-0.15, -0.1) is 0 Å². The highest BCUT2D eigenvalue weighted by molar-refractivity contribution is 7.45. The van der Waals surface area contributed by atoms with Crippen LogP contribution in [0, 0.1) is 0 Å². The van der Waals surface area contributed by atoms with Gasteiger partial charge in [-0.25, -0.2) is 4.57 Å². The van der Waals surface area contributed by atoms with Crippen LogP contribution >= 0.6 is 7.82 Å². The zero-order valence-corrected chi connectivity index (χ0v) is 9.82. The molecule has 7 nitrogen and oxygen atoms in total. The van der Waals surface area contributed by atoms with Gasteiger partial charge in [0.25, 0.3) is 0 Å². The van der Waals surface area contributed by atoms with Crippen LogP contribution in [0.4, 0.5) is 0 Å². The molecule has 0 saturated carbocycles. The van der Waals surface area contributed by atoms with E-state index >= 15 is 0 Å². The van der Waals surface area contributed by atoms with Crippen LogP contribution in [-0.2, 0) is 4.57 Å². The number of aromatic nitrogens is 1. The van der Waals surface area contributed by atoms with Crippen molar-refractivity contribution in [2.24, 2.45) is 5.10 Å². The first-order valence-corrected chi connectivity index (χ1v) is 5.76. The van der Waals surface area contributed by atoms with Gasteiger partial charge in [0.1, 0.15) is 0 Å². The highest BCUT2D eigenvalue weighted by Gasteiger charge is 2.00. The van der Waals surface area contributed by atoms with Gasteiger partial charge in [-0.3, -0.25) is 4.98 Å². The van der Waals surface area contributed by atoms with Crippen LogP contribution in [0.25, 0.3) is 0 Å². The van der Waals surface area contributed by atoms with Gasteiger partial charge in [0.2, 0.25) is 0 Å². The van der Waals surface area contributed by atoms with Crippen molar-refractivity contribution in [1.82, 2.24) is 9.99 Å². The molecule has 0 bridgehead atoms. The number of rotatable bonds is 2. The molecule has 0 aliphatic rings. The average Bonchev–Trinajstić information content (AvgIpc) is 2.14. The maximum Gasteiger partial charge on any atom is 0.466 e. The molecule has 0 amide bonds. The van der Waals surface area contributed by atoms with E-state index in [0.717, 1.165) is 5.69 Å². The van der Waals surface area contributed by atoms with E-state index in [0.29, 0.717) is 0 Å². The minimum Gasteiger partial charge on any atom is -0.303 e. The topological polar surface area (TPSA) is 106 Å². The summed E-state index contributed by atoms with van der Waals surface area (Å²) < 4.78 is 8.88. The third kappa shape index (κ3) is 12.7. The third-order valence-corrected chi connectivity index (χ3v) is 1.11. The molecule has 16 heavy (non-hydrogen) atoms. The SMILES string of the molecule is CN(C)N=Cc1ccccn1.O=P(O)(O)O. The second-order valence-electron chi connectivity index (χ2n) is 2.86. The lowest BCUT2D eigenvalue weighted by atomic mass is 10.4. The molecule has 1 rings (SSSR count). The first kappa shape index (κ1) is 14.7. The molecule has 1 heterocycles. The summed E-state index contributed by atoms with van der Waals surface area (Å²) in [5.41, 5.74) is 0.876. The van der Waals surface area contributed by atoms with Crippen molar-refractivity contribution in [3.63, 3.8) is 0 Å². The molecule has 0 aliphatic heterocycles. The summed E-state index contributed by atoms with van der Waals surface area (Å²) in [6.07, 6.45) is 3.47. The normalized spacial score (nSPS) is 10.8. The Morgan fingerprint density at radius 3 is 2.31 bits per heavy atom. The Labute approximate surface area is 93.3 Å². The molecule has 0 spiro atoms. The molecule has 3 N–H and O–H groups in total. The van der Waals surface area contributed by atoms with Gasteiger partial charge < -0.3 is 19.7 Å². The van der Waals surface area contributed by atoms with Crippen molar-refractivity contribution < 1.29 is 19.2 Å². The Kier molecular flexibility index (Phi) is 6.52. The van der Waals surface area contributed by atoms with Gasteiger partial charge in [-0.2, -0.15) is 5.10 Å². The summed E-state index contributed by atoms with van der Waals surface area (Å²) in [7, 11) is -0.890. The zero-order chi connectivity index (χ0) is 12.6. The third-order valence-electron chi connectivity index (χ3n) is 1.11. The summed E-state index contributed by atoms with van der Waals surface area (Å²) in [6.45, 7) is 0. The number of hydrogen-bond donors (Lipinski definition) is 3. The summed E-state index contributed by atoms with van der Waals surface area (Å²) in [5.74, 6) is 0. The van der Waals surface area contributed by atoms with Crippen molar-refractivity contribution in [2.75, 3.05) is 14.1 Å². The Hall–Kier alpha value is -1.27. The average molecular weight is 247 g/mol. The molecular formula is C8H14N3O4P. The van der Waals surface area contributed by atoms with Crippen LogP contribution in [0.15, 0.2) is 29.5 Å². The van der Waals surface area contributed by atoms with Crippen molar-refractivity contribution in [3.05, 3.63) is 30.1 Å². The van der Waals surface area contributed by atoms with E-state index < -0.39 is 7.82 Å². The summed E-state index contributed by atoms with van der Waals surface area (Å²) >= 11 is 0. The van der Waals surface area contributed by atoms with Crippen LogP contribution in [0.3, 0.4) is 0 Å². The fourth-order valence-electron chi connectivity index (χ4n) is 0.627. The lowest BCUT2D eigenvalue weighted by molar-refractivity contribution is 0.275. The van der Waals surface area contributed by atoms with Crippen molar-refractivity contribution in [2.45, 2.75) is 0 Å². The van der Waals surface area contributed by atoms with Crippen LogP contribution < -0.4 is 0 Å². The molecule has 0 aromatic carbocycles. The standard InChI is InChI=1S/C8H11N3.H3O4P/c1-11(2)10-7-8-5-3-4-6-9-8;1-5(2,3)4/h3-7H,1-2H3;(H3,1,2,3,4). The Balaban J connectivity index is 0.000000385. The minimum atomic E-state index is -4.64. The maximum atomic E-state index is 8.88. The molecular weight excluding hydrogens is 233 g/mol. The molecule has 0 atom stereocenters. The molecule has 0 aliphatic carbocycles. The molecule has 1 aromatic rings. The van der Waals surface area contributed by atoms with Crippen molar-refractivity contribution in [3.8, 4) is 0 Å². The fraction of sp³-hybridized carbons (Fsp3) is 0.250. The minimum absolute atomic E-state index is 0.876. The molecule has 90 valence electrons. The lowest BCUT2D eigenvalue weighted by Gasteiger charge is -2.00. The number of pyridine rings is 1. The lowest BCUT2D eigenvalue weighted by Crippen LogP contribution is -2.02. The summed E-state index contributed by atoms with van der Waals surface area (Å²) in [4.78, 5) is 25.6. The van der Waals surface area contributed by atoms with E-state index in [9.17, 15) is 0 Å². The first-order chi connectivity index (χ1) is 7.29. The molecule has 0 radical (unpaired) electrons. The predicted octanol–water partition coefficient (Wildman–Crippen LogP) is 0.0485. The van der Waals surface area contributed by atoms with Gasteiger partial charge in [-0.1, -0.05) is 6.07 Å². The molecule has 0 fully saturated rings. The maximum absolute atomic E-state index is 8.88. The van der Waals surface area contributed by atoms with Crippen molar-refractivity contribution >= 4 is 14.0 Å². The number of phosphoric acid groups is 1. The van der Waals surface area contributed by atoms with Crippen LogP contribution in [0.5, 0.6) is 0 Å². The largest absolute Gasteiger partial charge is 0.466 e. The van der Waals surface area contributed by atoms with Gasteiger partial charge in [0.05, 0.1) is 11.9 Å². The van der Waals surface area contributed by atoms with E-state index in [1.807, 2.05) is 32.3 Å². The van der Waals surface area contributed by atoms with Crippen LogP contribution in [-0.4, -0.2) is 45.0 Å². The number of nitrogens with zero attached hydrogens (tertiary/aromatic N) is 3. The first-order valence-electron chi connectivity index (χ1n) is 4.19. The second-order valence-corrected chi connectivity index (χ2v) is 3.89. The van der Waals surface area contributed by atoms with Crippen LogP contribution in [0.2, 0.25) is 0 Å². The van der Waals surface area contributed by atoms with E-state index in [4.69, 9.17) is 19.2 Å².